The Morgan fingerprint density at radius 1 is 0.781 bits per heavy atom. The molecule has 0 saturated heterocycles. The number of esters is 1. The van der Waals surface area contributed by atoms with E-state index in [1.165, 1.54) is 7.11 Å². The van der Waals surface area contributed by atoms with Gasteiger partial charge in [-0.05, 0) is 43.3 Å². The van der Waals surface area contributed by atoms with Crippen molar-refractivity contribution in [2.75, 3.05) is 12.4 Å². The molecule has 162 valence electrons. The number of hydrogen-bond donors (Lipinski definition) is 2. The van der Waals surface area contributed by atoms with Gasteiger partial charge in [-0.1, -0.05) is 42.5 Å². The van der Waals surface area contributed by atoms with Crippen LogP contribution in [-0.2, 0) is 9.59 Å². The predicted molar refractivity (Wildman–Crippen MR) is 120 cm³/mol. The first kappa shape index (κ1) is 22.2. The Morgan fingerprint density at radius 3 is 2.12 bits per heavy atom. The SMILES string of the molecule is COc1ccccc1NC(=O)C(=O)NN=C(C)c1ccccc1OC(=O)c1ccccc1. The van der Waals surface area contributed by atoms with Crippen molar-refractivity contribution >= 4 is 29.2 Å². The molecule has 3 aromatic carbocycles. The van der Waals surface area contributed by atoms with Gasteiger partial charge in [-0.25, -0.2) is 10.2 Å². The number of methoxy groups -OCH3 is 1. The molecule has 0 aliphatic carbocycles. The first-order valence-corrected chi connectivity index (χ1v) is 9.65. The van der Waals surface area contributed by atoms with Crippen molar-refractivity contribution < 1.29 is 23.9 Å². The van der Waals surface area contributed by atoms with E-state index >= 15 is 0 Å². The molecule has 0 atom stereocenters. The Kier molecular flexibility index (Phi) is 7.32. The van der Waals surface area contributed by atoms with E-state index in [1.54, 1.807) is 85.8 Å². The van der Waals surface area contributed by atoms with Crippen molar-refractivity contribution in [1.29, 1.82) is 0 Å². The molecule has 32 heavy (non-hydrogen) atoms. The highest BCUT2D eigenvalue weighted by molar-refractivity contribution is 6.39. The third-order valence-corrected chi connectivity index (χ3v) is 4.38. The van der Waals surface area contributed by atoms with E-state index < -0.39 is 17.8 Å². The minimum atomic E-state index is -0.964. The molecular weight excluding hydrogens is 410 g/mol. The molecule has 0 aromatic heterocycles. The minimum Gasteiger partial charge on any atom is -0.495 e. The molecule has 8 nitrogen and oxygen atoms in total. The highest BCUT2D eigenvalue weighted by atomic mass is 16.5. The summed E-state index contributed by atoms with van der Waals surface area (Å²) in [5.41, 5.74) is 3.80. The monoisotopic (exact) mass is 431 g/mol. The fraction of sp³-hybridized carbons (Fsp3) is 0.0833. The summed E-state index contributed by atoms with van der Waals surface area (Å²) >= 11 is 0. The van der Waals surface area contributed by atoms with Crippen molar-refractivity contribution in [2.24, 2.45) is 5.10 Å². The summed E-state index contributed by atoms with van der Waals surface area (Å²) in [6.07, 6.45) is 0. The number of para-hydroxylation sites is 3. The zero-order chi connectivity index (χ0) is 22.9. The molecule has 0 heterocycles. The highest BCUT2D eigenvalue weighted by Gasteiger charge is 2.17. The second-order valence-corrected chi connectivity index (χ2v) is 6.54. The van der Waals surface area contributed by atoms with Crippen molar-refractivity contribution in [3.8, 4) is 11.5 Å². The lowest BCUT2D eigenvalue weighted by atomic mass is 10.1. The van der Waals surface area contributed by atoms with Gasteiger partial charge in [0.05, 0.1) is 24.1 Å². The van der Waals surface area contributed by atoms with Gasteiger partial charge in [0.1, 0.15) is 11.5 Å². The quantitative estimate of drug-likeness (QED) is 0.205. The van der Waals surface area contributed by atoms with Gasteiger partial charge in [0.15, 0.2) is 0 Å². The Labute approximate surface area is 184 Å². The molecule has 2 N–H and O–H groups in total. The van der Waals surface area contributed by atoms with Crippen LogP contribution in [0.4, 0.5) is 5.69 Å². The molecule has 0 fully saturated rings. The summed E-state index contributed by atoms with van der Waals surface area (Å²) in [5.74, 6) is -1.70. The van der Waals surface area contributed by atoms with Crippen LogP contribution in [0.5, 0.6) is 11.5 Å². The number of hydrogen-bond acceptors (Lipinski definition) is 6. The van der Waals surface area contributed by atoms with Crippen LogP contribution in [0.15, 0.2) is 84.0 Å². The molecule has 2 amide bonds. The molecule has 0 saturated carbocycles. The van der Waals surface area contributed by atoms with Crippen molar-refractivity contribution in [3.05, 3.63) is 90.0 Å². The van der Waals surface area contributed by atoms with Crippen LogP contribution in [0.2, 0.25) is 0 Å². The van der Waals surface area contributed by atoms with Crippen molar-refractivity contribution in [1.82, 2.24) is 5.43 Å². The number of anilines is 1. The smallest absolute Gasteiger partial charge is 0.343 e. The van der Waals surface area contributed by atoms with E-state index in [9.17, 15) is 14.4 Å². The minimum absolute atomic E-state index is 0.273. The van der Waals surface area contributed by atoms with Crippen LogP contribution in [0, 0.1) is 0 Å². The number of nitrogens with zero attached hydrogens (tertiary/aromatic N) is 1. The first-order chi connectivity index (χ1) is 15.5. The predicted octanol–water partition coefficient (Wildman–Crippen LogP) is 3.39. The van der Waals surface area contributed by atoms with Crippen LogP contribution in [-0.4, -0.2) is 30.6 Å². The van der Waals surface area contributed by atoms with E-state index in [0.717, 1.165) is 0 Å². The summed E-state index contributed by atoms with van der Waals surface area (Å²) in [7, 11) is 1.46. The summed E-state index contributed by atoms with van der Waals surface area (Å²) in [6.45, 7) is 1.62. The standard InChI is InChI=1S/C24H21N3O5/c1-16(26-27-23(29)22(28)25-19-13-7-9-15-21(19)31-2)18-12-6-8-14-20(18)32-24(30)17-10-4-3-5-11-17/h3-15H,1-2H3,(H,25,28)(H,27,29). The van der Waals surface area contributed by atoms with Crippen molar-refractivity contribution in [2.45, 2.75) is 6.92 Å². The number of hydrazone groups is 1. The van der Waals surface area contributed by atoms with Gasteiger partial charge in [0.25, 0.3) is 0 Å². The molecular formula is C24H21N3O5. The van der Waals surface area contributed by atoms with Crippen LogP contribution < -0.4 is 20.2 Å². The third-order valence-electron chi connectivity index (χ3n) is 4.38. The second kappa shape index (κ2) is 10.5. The molecule has 8 heteroatoms. The summed E-state index contributed by atoms with van der Waals surface area (Å²) in [6, 6.07) is 22.0. The van der Waals surface area contributed by atoms with Gasteiger partial charge in [0.2, 0.25) is 0 Å². The number of carbonyl (C=O) groups excluding carboxylic acids is 3. The van der Waals surface area contributed by atoms with Gasteiger partial charge >= 0.3 is 17.8 Å². The number of carbonyl (C=O) groups is 3. The zero-order valence-electron chi connectivity index (χ0n) is 17.5. The molecule has 3 rings (SSSR count). The van der Waals surface area contributed by atoms with Crippen LogP contribution in [0.3, 0.4) is 0 Å². The Balaban J connectivity index is 1.69. The van der Waals surface area contributed by atoms with Gasteiger partial charge in [-0.2, -0.15) is 5.10 Å². The van der Waals surface area contributed by atoms with E-state index in [-0.39, 0.29) is 5.75 Å². The fourth-order valence-corrected chi connectivity index (χ4v) is 2.76. The van der Waals surface area contributed by atoms with Crippen LogP contribution in [0.1, 0.15) is 22.8 Å². The van der Waals surface area contributed by atoms with E-state index in [4.69, 9.17) is 9.47 Å². The molecule has 0 bridgehead atoms. The molecule has 0 aliphatic heterocycles. The normalized spacial score (nSPS) is 10.8. The lowest BCUT2D eigenvalue weighted by Crippen LogP contribution is -2.33. The van der Waals surface area contributed by atoms with Crippen LogP contribution in [0.25, 0.3) is 0 Å². The van der Waals surface area contributed by atoms with Crippen molar-refractivity contribution in [3.63, 3.8) is 0 Å². The lowest BCUT2D eigenvalue weighted by Gasteiger charge is -2.11. The molecule has 3 aromatic rings. The zero-order valence-corrected chi connectivity index (χ0v) is 17.5. The topological polar surface area (TPSA) is 106 Å². The average molecular weight is 431 g/mol. The maximum Gasteiger partial charge on any atom is 0.343 e. The third kappa shape index (κ3) is 5.57. The fourth-order valence-electron chi connectivity index (χ4n) is 2.76. The first-order valence-electron chi connectivity index (χ1n) is 9.65. The summed E-state index contributed by atoms with van der Waals surface area (Å²) in [4.78, 5) is 36.7. The second-order valence-electron chi connectivity index (χ2n) is 6.54. The highest BCUT2D eigenvalue weighted by Crippen LogP contribution is 2.23. The molecule has 0 radical (unpaired) electrons. The number of nitrogens with one attached hydrogen (secondary N) is 2. The van der Waals surface area contributed by atoms with Gasteiger partial charge in [0, 0.05) is 5.56 Å². The number of benzene rings is 3. The Morgan fingerprint density at radius 2 is 1.41 bits per heavy atom. The van der Waals surface area contributed by atoms with Gasteiger partial charge in [-0.15, -0.1) is 0 Å². The number of ether oxygens (including phenoxy) is 2. The Bertz CT molecular complexity index is 1160. The maximum absolute atomic E-state index is 12.4. The Hall–Kier alpha value is -4.46. The molecule has 0 spiro atoms. The largest absolute Gasteiger partial charge is 0.495 e. The van der Waals surface area contributed by atoms with Crippen LogP contribution >= 0.6 is 0 Å². The van der Waals surface area contributed by atoms with E-state index in [2.05, 4.69) is 15.8 Å². The maximum atomic E-state index is 12.4. The number of amides is 2. The summed E-state index contributed by atoms with van der Waals surface area (Å²) in [5, 5.41) is 6.44. The van der Waals surface area contributed by atoms with Gasteiger partial charge in [-0.3, -0.25) is 9.59 Å². The molecule has 0 aliphatic rings. The van der Waals surface area contributed by atoms with Gasteiger partial charge < -0.3 is 14.8 Å². The number of rotatable bonds is 6. The lowest BCUT2D eigenvalue weighted by molar-refractivity contribution is -0.136. The molecule has 0 unspecified atom stereocenters. The van der Waals surface area contributed by atoms with E-state index in [1.807, 2.05) is 0 Å². The average Bonchev–Trinajstić information content (AvgIpc) is 2.83. The summed E-state index contributed by atoms with van der Waals surface area (Å²) < 4.78 is 10.6. The van der Waals surface area contributed by atoms with E-state index in [0.29, 0.717) is 28.3 Å².